The summed E-state index contributed by atoms with van der Waals surface area (Å²) in [6, 6.07) is 0. The van der Waals surface area contributed by atoms with Gasteiger partial charge in [-0.2, -0.15) is 0 Å². The lowest BCUT2D eigenvalue weighted by Crippen LogP contribution is -2.17. The van der Waals surface area contributed by atoms with Gasteiger partial charge >= 0.3 is 0 Å². The Balaban J connectivity index is 0.000000229. The van der Waals surface area contributed by atoms with Gasteiger partial charge in [0.05, 0.1) is 0 Å². The van der Waals surface area contributed by atoms with Crippen molar-refractivity contribution in [3.05, 3.63) is 111 Å². The monoisotopic (exact) mass is 893 g/mol. The van der Waals surface area contributed by atoms with Crippen molar-refractivity contribution >= 4 is 0 Å². The van der Waals surface area contributed by atoms with Crippen molar-refractivity contribution in [3.63, 3.8) is 0 Å². The van der Waals surface area contributed by atoms with E-state index in [9.17, 15) is 0 Å². The van der Waals surface area contributed by atoms with Gasteiger partial charge < -0.3 is 0 Å². The maximum absolute atomic E-state index is 2.44. The largest absolute Gasteiger partial charge is 0.0625 e. The zero-order valence-corrected chi connectivity index (χ0v) is 47.4. The fraction of sp³-hybridized carbons (Fsp3) is 0.636. The minimum atomic E-state index is 0.873. The Labute approximate surface area is 409 Å². The Hall–Kier alpha value is -3.12. The molecule has 3 saturated carbocycles. The lowest BCUT2D eigenvalue weighted by molar-refractivity contribution is 0.288. The molecule has 7 rings (SSSR count). The molecule has 4 aromatic rings. The van der Waals surface area contributed by atoms with Gasteiger partial charge in [0.1, 0.15) is 0 Å². The lowest BCUT2D eigenvalue weighted by atomic mass is 9.74. The molecule has 4 aromatic carbocycles. The number of hydrogen-bond donors (Lipinski definition) is 0. The van der Waals surface area contributed by atoms with Crippen LogP contribution in [0.5, 0.6) is 0 Å². The molecule has 66 heavy (non-hydrogen) atoms. The average Bonchev–Trinajstić information content (AvgIpc) is 3.30. The van der Waals surface area contributed by atoms with Crippen molar-refractivity contribution in [2.45, 2.75) is 242 Å². The first-order valence-electron chi connectivity index (χ1n) is 27.2. The van der Waals surface area contributed by atoms with Crippen LogP contribution in [0, 0.1) is 160 Å². The second kappa shape index (κ2) is 22.5. The quantitative estimate of drug-likeness (QED) is 0.181. The van der Waals surface area contributed by atoms with E-state index in [1.807, 2.05) is 0 Å². The van der Waals surface area contributed by atoms with E-state index in [4.69, 9.17) is 0 Å². The summed E-state index contributed by atoms with van der Waals surface area (Å²) in [6.45, 7) is 51.6. The van der Waals surface area contributed by atoms with Gasteiger partial charge in [-0.05, 0) is 332 Å². The molecule has 0 spiro atoms. The summed E-state index contributed by atoms with van der Waals surface area (Å²) in [4.78, 5) is 0. The molecule has 0 amide bonds. The fourth-order valence-corrected chi connectivity index (χ4v) is 13.0. The molecule has 364 valence electrons. The predicted molar refractivity (Wildman–Crippen MR) is 295 cm³/mol. The molecule has 0 bridgehead atoms. The Morgan fingerprint density at radius 1 is 0.212 bits per heavy atom. The third-order valence-corrected chi connectivity index (χ3v) is 19.6. The van der Waals surface area contributed by atoms with Crippen LogP contribution in [-0.4, -0.2) is 0 Å². The van der Waals surface area contributed by atoms with Gasteiger partial charge in [0.15, 0.2) is 0 Å². The molecular formula is C66H100. The lowest BCUT2D eigenvalue weighted by Gasteiger charge is -2.31. The van der Waals surface area contributed by atoms with E-state index in [1.165, 1.54) is 190 Å². The minimum Gasteiger partial charge on any atom is -0.0625 e. The smallest absolute Gasteiger partial charge is 0.0114 e. The van der Waals surface area contributed by atoms with E-state index in [-0.39, 0.29) is 0 Å². The molecule has 0 radical (unpaired) electrons. The first kappa shape index (κ1) is 53.8. The van der Waals surface area contributed by atoms with Gasteiger partial charge in [-0.1, -0.05) is 79.1 Å². The Bertz CT molecular complexity index is 2070. The summed E-state index contributed by atoms with van der Waals surface area (Å²) in [5, 5.41) is 0. The predicted octanol–water partition coefficient (Wildman–Crippen LogP) is 19.8. The van der Waals surface area contributed by atoms with Crippen LogP contribution in [-0.2, 0) is 12.8 Å². The molecule has 3 aliphatic carbocycles. The standard InChI is InChI=1S/C36H54.C22H30.C8H16/c1-21-11-15-31(16-12-21)19-33-23(3)27(7)35(28(8)24(33)4)36-29(9)25(5)34(26(6)30(36)10)20-32-17-13-22(2)14-18-32;1-11-13(3)17(7)21(18(8)14(11)4)22-19(9)15(5)12(2)16(6)20(22)10;1-7-3-5-8(2)6-4-7/h21-22,31-32H,11-20H2,1-10H3;1-10H3;7-8H,3-6H2,1-2H3. The molecule has 0 aliphatic heterocycles. The van der Waals surface area contributed by atoms with E-state index in [1.54, 1.807) is 33.4 Å². The molecule has 3 fully saturated rings. The summed E-state index contributed by atoms with van der Waals surface area (Å²) in [5.74, 6) is 5.64. The number of hydrogen-bond acceptors (Lipinski definition) is 0. The summed E-state index contributed by atoms with van der Waals surface area (Å²) < 4.78 is 0. The highest BCUT2D eigenvalue weighted by molar-refractivity contribution is 5.83. The van der Waals surface area contributed by atoms with Gasteiger partial charge in [-0.15, -0.1) is 0 Å². The van der Waals surface area contributed by atoms with Crippen molar-refractivity contribution < 1.29 is 0 Å². The Kier molecular flexibility index (Phi) is 18.4. The number of rotatable bonds is 6. The maximum atomic E-state index is 2.44. The van der Waals surface area contributed by atoms with Gasteiger partial charge in [-0.25, -0.2) is 0 Å². The van der Waals surface area contributed by atoms with Crippen LogP contribution in [0.15, 0.2) is 0 Å². The van der Waals surface area contributed by atoms with E-state index in [0.717, 1.165) is 35.5 Å². The van der Waals surface area contributed by atoms with Crippen LogP contribution in [0.2, 0.25) is 0 Å². The van der Waals surface area contributed by atoms with E-state index in [0.29, 0.717) is 0 Å². The second-order valence-electron chi connectivity index (χ2n) is 23.7. The normalized spacial score (nSPS) is 22.1. The van der Waals surface area contributed by atoms with Crippen molar-refractivity contribution in [2.75, 3.05) is 0 Å². The SMILES string of the molecule is CC1CCC(C)CC1.Cc1c(C)c(-c2c(C)c(C)c(CC3CCC(C)CC3)c(C)c2C)c(C)c(C)c1CC1CCC(C)CC1.Cc1c(C)c(C)c(-c2c(C)c(C)c(C)c(C)c2C)c(C)c1C. The van der Waals surface area contributed by atoms with E-state index < -0.39 is 0 Å². The molecule has 0 atom stereocenters. The first-order valence-corrected chi connectivity index (χ1v) is 27.2. The van der Waals surface area contributed by atoms with Gasteiger partial charge in [0.2, 0.25) is 0 Å². The highest BCUT2D eigenvalue weighted by Crippen LogP contribution is 2.44. The molecule has 3 aliphatic rings. The van der Waals surface area contributed by atoms with E-state index in [2.05, 4.69) is 152 Å². The topological polar surface area (TPSA) is 0 Å². The summed E-state index contributed by atoms with van der Waals surface area (Å²) in [6.07, 6.45) is 19.8. The Morgan fingerprint density at radius 2 is 0.364 bits per heavy atom. The molecule has 0 unspecified atom stereocenters. The zero-order chi connectivity index (χ0) is 49.2. The van der Waals surface area contributed by atoms with Gasteiger partial charge in [-0.3, -0.25) is 0 Å². The van der Waals surface area contributed by atoms with Crippen molar-refractivity contribution in [3.8, 4) is 22.3 Å². The third-order valence-electron chi connectivity index (χ3n) is 19.6. The highest BCUT2D eigenvalue weighted by atomic mass is 14.3. The minimum absolute atomic E-state index is 0.873. The van der Waals surface area contributed by atoms with Crippen LogP contribution < -0.4 is 0 Å². The second-order valence-corrected chi connectivity index (χ2v) is 23.7. The molecular weight excluding hydrogens is 793 g/mol. The van der Waals surface area contributed by atoms with Crippen molar-refractivity contribution in [1.29, 1.82) is 0 Å². The van der Waals surface area contributed by atoms with Crippen molar-refractivity contribution in [1.82, 2.24) is 0 Å². The fourth-order valence-electron chi connectivity index (χ4n) is 13.0. The number of benzene rings is 4. The molecule has 0 nitrogen and oxygen atoms in total. The third kappa shape index (κ3) is 11.3. The van der Waals surface area contributed by atoms with Gasteiger partial charge in [0, 0.05) is 0 Å². The summed E-state index contributed by atoms with van der Waals surface area (Å²) >= 11 is 0. The van der Waals surface area contributed by atoms with Crippen LogP contribution in [0.25, 0.3) is 22.3 Å². The van der Waals surface area contributed by atoms with Crippen LogP contribution in [0.3, 0.4) is 0 Å². The summed E-state index contributed by atoms with van der Waals surface area (Å²) in [7, 11) is 0. The molecule has 0 heteroatoms. The van der Waals surface area contributed by atoms with E-state index >= 15 is 0 Å². The summed E-state index contributed by atoms with van der Waals surface area (Å²) in [5.41, 5.74) is 36.0. The van der Waals surface area contributed by atoms with Crippen molar-refractivity contribution in [2.24, 2.45) is 35.5 Å². The van der Waals surface area contributed by atoms with Gasteiger partial charge in [0.25, 0.3) is 0 Å². The van der Waals surface area contributed by atoms with Crippen LogP contribution >= 0.6 is 0 Å². The maximum Gasteiger partial charge on any atom is -0.0114 e. The van der Waals surface area contributed by atoms with Crippen LogP contribution in [0.1, 0.15) is 216 Å². The highest BCUT2D eigenvalue weighted by Gasteiger charge is 2.27. The molecule has 0 heterocycles. The first-order chi connectivity index (χ1) is 30.9. The molecule has 0 aromatic heterocycles. The Morgan fingerprint density at radius 3 is 0.561 bits per heavy atom. The zero-order valence-electron chi connectivity index (χ0n) is 47.4. The average molecular weight is 894 g/mol. The molecule has 0 N–H and O–H groups in total. The van der Waals surface area contributed by atoms with Crippen LogP contribution in [0.4, 0.5) is 0 Å². The molecule has 0 saturated heterocycles.